The molecule has 0 N–H and O–H groups in total. The van der Waals surface area contributed by atoms with Gasteiger partial charge in [-0.3, -0.25) is 4.98 Å². The minimum atomic E-state index is -4.97. The van der Waals surface area contributed by atoms with Crippen molar-refractivity contribution < 1.29 is 32.2 Å². The molecule has 0 bridgehead atoms. The molecule has 0 amide bonds. The first-order valence-corrected chi connectivity index (χ1v) is 5.33. The Morgan fingerprint density at radius 1 is 1.42 bits per heavy atom. The highest BCUT2D eigenvalue weighted by atomic mass is 35.5. The van der Waals surface area contributed by atoms with Crippen molar-refractivity contribution in [1.29, 1.82) is 0 Å². The molecule has 19 heavy (non-hydrogen) atoms. The van der Waals surface area contributed by atoms with E-state index >= 15 is 0 Å². The summed E-state index contributed by atoms with van der Waals surface area (Å²) >= 11 is 5.56. The molecule has 9 heteroatoms. The molecule has 0 aliphatic heterocycles. The highest BCUT2D eigenvalue weighted by Gasteiger charge is 2.35. The van der Waals surface area contributed by atoms with Gasteiger partial charge in [-0.05, 0) is 0 Å². The fraction of sp³-hybridized carbons (Fsp3) is 0.400. The van der Waals surface area contributed by atoms with Crippen molar-refractivity contribution in [2.45, 2.75) is 12.2 Å². The zero-order valence-electron chi connectivity index (χ0n) is 9.88. The van der Waals surface area contributed by atoms with E-state index in [4.69, 9.17) is 16.3 Å². The van der Waals surface area contributed by atoms with Crippen LogP contribution in [0.5, 0.6) is 11.5 Å². The van der Waals surface area contributed by atoms with Crippen LogP contribution in [-0.2, 0) is 10.6 Å². The molecule has 0 saturated heterocycles. The Bertz CT molecular complexity index is 479. The summed E-state index contributed by atoms with van der Waals surface area (Å²) in [7, 11) is 2.18. The summed E-state index contributed by atoms with van der Waals surface area (Å²) in [6.07, 6.45) is -4.24. The quantitative estimate of drug-likeness (QED) is 0.631. The molecule has 0 atom stereocenters. The van der Waals surface area contributed by atoms with Gasteiger partial charge in [-0.2, -0.15) is 0 Å². The number of hydrogen-bond acceptors (Lipinski definition) is 5. The maximum Gasteiger partial charge on any atom is 0.573 e. The number of aromatic nitrogens is 1. The van der Waals surface area contributed by atoms with Gasteiger partial charge in [0.05, 0.1) is 32.0 Å². The van der Waals surface area contributed by atoms with Gasteiger partial charge in [0.2, 0.25) is 0 Å². The van der Waals surface area contributed by atoms with E-state index in [1.807, 2.05) is 0 Å². The first-order valence-electron chi connectivity index (χ1n) is 4.80. The summed E-state index contributed by atoms with van der Waals surface area (Å²) in [4.78, 5) is 15.2. The highest BCUT2D eigenvalue weighted by molar-refractivity contribution is 6.17. The normalized spacial score (nSPS) is 11.1. The Kier molecular flexibility index (Phi) is 4.82. The first kappa shape index (κ1) is 15.4. The second-order valence-electron chi connectivity index (χ2n) is 3.15. The summed E-state index contributed by atoms with van der Waals surface area (Å²) in [6.45, 7) is 0. The third-order valence-corrected chi connectivity index (χ3v) is 2.27. The van der Waals surface area contributed by atoms with Crippen molar-refractivity contribution in [2.24, 2.45) is 0 Å². The maximum atomic E-state index is 12.2. The molecule has 5 nitrogen and oxygen atoms in total. The Morgan fingerprint density at radius 2 is 2.05 bits per heavy atom. The number of esters is 1. The molecular formula is C10H9ClF3NO4. The van der Waals surface area contributed by atoms with Crippen molar-refractivity contribution in [1.82, 2.24) is 4.98 Å². The summed E-state index contributed by atoms with van der Waals surface area (Å²) in [5.41, 5.74) is -0.424. The highest BCUT2D eigenvalue weighted by Crippen LogP contribution is 2.34. The van der Waals surface area contributed by atoms with Crippen LogP contribution in [0.2, 0.25) is 0 Å². The standard InChI is InChI=1S/C10H9ClF3NO4/c1-17-8-5(3-11)15-4-6(19-10(12,13)14)7(8)9(16)18-2/h4H,3H2,1-2H3. The average Bonchev–Trinajstić information content (AvgIpc) is 2.35. The number of pyridine rings is 1. The smallest absolute Gasteiger partial charge is 0.494 e. The lowest BCUT2D eigenvalue weighted by atomic mass is 10.2. The minimum absolute atomic E-state index is 0.0964. The van der Waals surface area contributed by atoms with E-state index in [2.05, 4.69) is 14.5 Å². The summed E-state index contributed by atoms with van der Waals surface area (Å²) < 4.78 is 49.7. The van der Waals surface area contributed by atoms with Gasteiger partial charge in [0, 0.05) is 0 Å². The van der Waals surface area contributed by atoms with E-state index in [1.165, 1.54) is 0 Å². The summed E-state index contributed by atoms with van der Waals surface area (Å²) in [5.74, 6) is -2.24. The van der Waals surface area contributed by atoms with Gasteiger partial charge in [0.1, 0.15) is 5.56 Å². The van der Waals surface area contributed by atoms with Crippen molar-refractivity contribution in [3.63, 3.8) is 0 Å². The van der Waals surface area contributed by atoms with E-state index in [-0.39, 0.29) is 17.3 Å². The fourth-order valence-electron chi connectivity index (χ4n) is 1.33. The van der Waals surface area contributed by atoms with Gasteiger partial charge in [-0.1, -0.05) is 0 Å². The number of alkyl halides is 4. The molecule has 0 fully saturated rings. The zero-order chi connectivity index (χ0) is 14.6. The van der Waals surface area contributed by atoms with Crippen LogP contribution in [0.4, 0.5) is 13.2 Å². The maximum absolute atomic E-state index is 12.2. The van der Waals surface area contributed by atoms with Crippen LogP contribution >= 0.6 is 11.6 Å². The number of nitrogens with zero attached hydrogens (tertiary/aromatic N) is 1. The van der Waals surface area contributed by atoms with Crippen LogP contribution in [0.3, 0.4) is 0 Å². The Morgan fingerprint density at radius 3 is 2.47 bits per heavy atom. The monoisotopic (exact) mass is 299 g/mol. The topological polar surface area (TPSA) is 57.7 Å². The lowest BCUT2D eigenvalue weighted by Gasteiger charge is -2.15. The average molecular weight is 300 g/mol. The molecule has 0 spiro atoms. The summed E-state index contributed by atoms with van der Waals surface area (Å²) in [5, 5.41) is 0. The number of rotatable bonds is 4. The molecule has 0 aromatic carbocycles. The van der Waals surface area contributed by atoms with Gasteiger partial charge in [-0.15, -0.1) is 24.8 Å². The molecule has 0 radical (unpaired) electrons. The molecule has 0 unspecified atom stereocenters. The third kappa shape index (κ3) is 3.63. The molecule has 106 valence electrons. The lowest BCUT2D eigenvalue weighted by Crippen LogP contribution is -2.20. The van der Waals surface area contributed by atoms with Crippen LogP contribution in [0.25, 0.3) is 0 Å². The number of ether oxygens (including phenoxy) is 3. The zero-order valence-corrected chi connectivity index (χ0v) is 10.6. The van der Waals surface area contributed by atoms with Crippen molar-refractivity contribution in [2.75, 3.05) is 14.2 Å². The number of methoxy groups -OCH3 is 2. The molecular weight excluding hydrogens is 291 g/mol. The van der Waals surface area contributed by atoms with Crippen molar-refractivity contribution in [3.05, 3.63) is 17.5 Å². The second kappa shape index (κ2) is 5.96. The molecule has 1 rings (SSSR count). The molecule has 0 saturated carbocycles. The van der Waals surface area contributed by atoms with Crippen LogP contribution in [0.15, 0.2) is 6.20 Å². The Balaban J connectivity index is 3.42. The number of halogens is 4. The van der Waals surface area contributed by atoms with Crippen molar-refractivity contribution >= 4 is 17.6 Å². The molecule has 1 heterocycles. The second-order valence-corrected chi connectivity index (χ2v) is 3.42. The SMILES string of the molecule is COC(=O)c1c(OC(F)(F)F)cnc(CCl)c1OC. The minimum Gasteiger partial charge on any atom is -0.494 e. The largest absolute Gasteiger partial charge is 0.573 e. The van der Waals surface area contributed by atoms with Crippen LogP contribution in [0.1, 0.15) is 16.1 Å². The van der Waals surface area contributed by atoms with E-state index in [0.29, 0.717) is 0 Å². The molecule has 1 aromatic heterocycles. The van der Waals surface area contributed by atoms with Gasteiger partial charge >= 0.3 is 12.3 Å². The molecule has 0 aliphatic carbocycles. The van der Waals surface area contributed by atoms with E-state index in [0.717, 1.165) is 20.4 Å². The van der Waals surface area contributed by atoms with Crippen LogP contribution in [0, 0.1) is 0 Å². The first-order chi connectivity index (χ1) is 8.84. The number of carbonyl (C=O) groups is 1. The Labute approximate surface area is 111 Å². The lowest BCUT2D eigenvalue weighted by molar-refractivity contribution is -0.274. The third-order valence-electron chi connectivity index (χ3n) is 2.02. The van der Waals surface area contributed by atoms with Crippen LogP contribution in [-0.4, -0.2) is 31.5 Å². The van der Waals surface area contributed by atoms with Gasteiger partial charge < -0.3 is 14.2 Å². The van der Waals surface area contributed by atoms with Gasteiger partial charge in [0.25, 0.3) is 0 Å². The van der Waals surface area contributed by atoms with Crippen molar-refractivity contribution in [3.8, 4) is 11.5 Å². The van der Waals surface area contributed by atoms with Crippen LogP contribution < -0.4 is 9.47 Å². The Hall–Kier alpha value is -1.70. The fourth-order valence-corrected chi connectivity index (χ4v) is 1.52. The number of carbonyl (C=O) groups excluding carboxylic acids is 1. The predicted octanol–water partition coefficient (Wildman–Crippen LogP) is 2.51. The van der Waals surface area contributed by atoms with E-state index < -0.39 is 23.6 Å². The van der Waals surface area contributed by atoms with E-state index in [1.54, 1.807) is 0 Å². The summed E-state index contributed by atoms with van der Waals surface area (Å²) in [6, 6.07) is 0. The van der Waals surface area contributed by atoms with Gasteiger partial charge in [0.15, 0.2) is 11.5 Å². The van der Waals surface area contributed by atoms with Gasteiger partial charge in [-0.25, -0.2) is 4.79 Å². The van der Waals surface area contributed by atoms with E-state index in [9.17, 15) is 18.0 Å². The molecule has 1 aromatic rings. The predicted molar refractivity (Wildman–Crippen MR) is 58.4 cm³/mol. The number of hydrogen-bond donors (Lipinski definition) is 0. The molecule has 0 aliphatic rings.